The van der Waals surface area contributed by atoms with Gasteiger partial charge in [-0.3, -0.25) is 9.88 Å². The second-order valence-corrected chi connectivity index (χ2v) is 5.81. The number of hydrogen-bond acceptors (Lipinski definition) is 3. The minimum atomic E-state index is 0.468. The Kier molecular flexibility index (Phi) is 4.69. The molecule has 2 heterocycles. The highest BCUT2D eigenvalue weighted by molar-refractivity contribution is 6.18. The molecule has 0 aliphatic carbocycles. The zero-order chi connectivity index (χ0) is 14.0. The van der Waals surface area contributed by atoms with E-state index in [-0.39, 0.29) is 0 Å². The van der Waals surface area contributed by atoms with Crippen LogP contribution in [0.2, 0.25) is 0 Å². The molecule has 0 radical (unpaired) electrons. The molecular weight excluding hydrogens is 260 g/mol. The summed E-state index contributed by atoms with van der Waals surface area (Å²) in [6, 6.07) is 0.468. The summed E-state index contributed by atoms with van der Waals surface area (Å²) in [5.41, 5.74) is 3.34. The largest absolute Gasteiger partial charge is 0.496 e. The normalized spacial score (nSPS) is 23.8. The molecule has 2 rings (SSSR count). The van der Waals surface area contributed by atoms with Gasteiger partial charge in [0.25, 0.3) is 0 Å². The van der Waals surface area contributed by atoms with E-state index in [1.165, 1.54) is 6.42 Å². The van der Waals surface area contributed by atoms with Crippen molar-refractivity contribution in [2.75, 3.05) is 19.5 Å². The molecule has 4 heteroatoms. The Morgan fingerprint density at radius 2 is 2.21 bits per heavy atom. The van der Waals surface area contributed by atoms with Crippen LogP contribution < -0.4 is 4.74 Å². The summed E-state index contributed by atoms with van der Waals surface area (Å²) >= 11 is 6.10. The fourth-order valence-corrected chi connectivity index (χ4v) is 3.46. The molecular formula is C15H23ClN2O. The maximum atomic E-state index is 6.10. The molecule has 0 bridgehead atoms. The van der Waals surface area contributed by atoms with E-state index in [4.69, 9.17) is 16.3 Å². The first-order valence-corrected chi connectivity index (χ1v) is 7.41. The lowest BCUT2D eigenvalue weighted by Crippen LogP contribution is -2.33. The zero-order valence-electron chi connectivity index (χ0n) is 12.2. The molecule has 1 aromatic heterocycles. The van der Waals surface area contributed by atoms with Crippen molar-refractivity contribution in [2.45, 2.75) is 39.8 Å². The number of ether oxygens (including phenoxy) is 1. The van der Waals surface area contributed by atoms with Gasteiger partial charge in [0.1, 0.15) is 5.75 Å². The van der Waals surface area contributed by atoms with Crippen molar-refractivity contribution in [3.63, 3.8) is 0 Å². The van der Waals surface area contributed by atoms with Crippen LogP contribution in [0.15, 0.2) is 6.20 Å². The van der Waals surface area contributed by atoms with Gasteiger partial charge in [-0.05, 0) is 32.7 Å². The zero-order valence-corrected chi connectivity index (χ0v) is 13.0. The molecule has 1 fully saturated rings. The molecule has 0 spiro atoms. The number of alkyl halides is 1. The molecule has 0 aromatic carbocycles. The molecule has 1 aromatic rings. The molecule has 106 valence electrons. The van der Waals surface area contributed by atoms with Crippen LogP contribution in [0, 0.1) is 19.8 Å². The molecule has 0 saturated carbocycles. The Balaban J connectivity index is 2.20. The maximum absolute atomic E-state index is 6.10. The molecule has 19 heavy (non-hydrogen) atoms. The van der Waals surface area contributed by atoms with Gasteiger partial charge in [-0.2, -0.15) is 0 Å². The summed E-state index contributed by atoms with van der Waals surface area (Å²) < 4.78 is 5.47. The van der Waals surface area contributed by atoms with Gasteiger partial charge in [-0.15, -0.1) is 11.6 Å². The van der Waals surface area contributed by atoms with E-state index in [2.05, 4.69) is 23.7 Å². The van der Waals surface area contributed by atoms with Crippen LogP contribution in [0.3, 0.4) is 0 Å². The summed E-state index contributed by atoms with van der Waals surface area (Å²) in [7, 11) is 1.72. The highest BCUT2D eigenvalue weighted by atomic mass is 35.5. The topological polar surface area (TPSA) is 25.4 Å². The average molecular weight is 283 g/mol. The molecule has 2 atom stereocenters. The van der Waals surface area contributed by atoms with Crippen molar-refractivity contribution >= 4 is 11.6 Å². The van der Waals surface area contributed by atoms with Crippen molar-refractivity contribution in [3.8, 4) is 5.75 Å². The second-order valence-electron chi connectivity index (χ2n) is 5.50. The average Bonchev–Trinajstić information content (AvgIpc) is 2.74. The van der Waals surface area contributed by atoms with Crippen LogP contribution in [-0.4, -0.2) is 35.5 Å². The Bertz CT molecular complexity index is 450. The molecule has 3 nitrogen and oxygen atoms in total. The summed E-state index contributed by atoms with van der Waals surface area (Å²) in [5.74, 6) is 2.33. The van der Waals surface area contributed by atoms with Gasteiger partial charge in [-0.1, -0.05) is 6.92 Å². The van der Waals surface area contributed by atoms with Gasteiger partial charge in [0.15, 0.2) is 0 Å². The van der Waals surface area contributed by atoms with Crippen molar-refractivity contribution in [2.24, 2.45) is 5.92 Å². The fraction of sp³-hybridized carbons (Fsp3) is 0.667. The quantitative estimate of drug-likeness (QED) is 0.793. The smallest absolute Gasteiger partial charge is 0.128 e. The number of methoxy groups -OCH3 is 1. The lowest BCUT2D eigenvalue weighted by molar-refractivity contribution is 0.238. The van der Waals surface area contributed by atoms with E-state index >= 15 is 0 Å². The molecule has 0 amide bonds. The van der Waals surface area contributed by atoms with Gasteiger partial charge >= 0.3 is 0 Å². The number of rotatable bonds is 4. The molecule has 1 aliphatic heterocycles. The lowest BCUT2D eigenvalue weighted by Gasteiger charge is -2.25. The van der Waals surface area contributed by atoms with E-state index in [0.717, 1.165) is 35.7 Å². The maximum Gasteiger partial charge on any atom is 0.128 e. The Morgan fingerprint density at radius 3 is 2.84 bits per heavy atom. The third-order valence-electron chi connectivity index (χ3n) is 4.26. The van der Waals surface area contributed by atoms with E-state index < -0.39 is 0 Å². The minimum absolute atomic E-state index is 0.468. The standard InChI is InChI=1S/C15H23ClN2O/c1-10-5-6-18(14(10)7-16)9-13-12(3)15(19-4)11(2)8-17-13/h8,10,14H,5-7,9H2,1-4H3. The predicted octanol–water partition coefficient (Wildman–Crippen LogP) is 3.16. The van der Waals surface area contributed by atoms with E-state index in [0.29, 0.717) is 17.8 Å². The van der Waals surface area contributed by atoms with Crippen molar-refractivity contribution in [3.05, 3.63) is 23.0 Å². The summed E-state index contributed by atoms with van der Waals surface area (Å²) in [4.78, 5) is 7.03. The Hall–Kier alpha value is -0.800. The number of likely N-dealkylation sites (tertiary alicyclic amines) is 1. The second kappa shape index (κ2) is 6.10. The highest BCUT2D eigenvalue weighted by Crippen LogP contribution is 2.29. The lowest BCUT2D eigenvalue weighted by atomic mass is 10.0. The van der Waals surface area contributed by atoms with Crippen LogP contribution in [0.4, 0.5) is 0 Å². The number of nitrogens with zero attached hydrogens (tertiary/aromatic N) is 2. The molecule has 1 aliphatic rings. The third kappa shape index (κ3) is 2.87. The van der Waals surface area contributed by atoms with Crippen LogP contribution in [-0.2, 0) is 6.54 Å². The van der Waals surface area contributed by atoms with E-state index in [1.807, 2.05) is 13.1 Å². The summed E-state index contributed by atoms with van der Waals surface area (Å²) in [6.07, 6.45) is 3.12. The van der Waals surface area contributed by atoms with Crippen LogP contribution in [0.25, 0.3) is 0 Å². The van der Waals surface area contributed by atoms with Gasteiger partial charge in [0.05, 0.1) is 12.8 Å². The van der Waals surface area contributed by atoms with Gasteiger partial charge < -0.3 is 4.74 Å². The summed E-state index contributed by atoms with van der Waals surface area (Å²) in [6.45, 7) is 8.37. The molecule has 2 unspecified atom stereocenters. The van der Waals surface area contributed by atoms with Crippen LogP contribution >= 0.6 is 11.6 Å². The van der Waals surface area contributed by atoms with Gasteiger partial charge in [0.2, 0.25) is 0 Å². The molecule has 0 N–H and O–H groups in total. The highest BCUT2D eigenvalue weighted by Gasteiger charge is 2.30. The van der Waals surface area contributed by atoms with Gasteiger partial charge in [0, 0.05) is 35.8 Å². The first-order chi connectivity index (χ1) is 9.08. The number of aromatic nitrogens is 1. The van der Waals surface area contributed by atoms with Crippen molar-refractivity contribution < 1.29 is 4.74 Å². The van der Waals surface area contributed by atoms with Crippen LogP contribution in [0.5, 0.6) is 5.75 Å². The summed E-state index contributed by atoms with van der Waals surface area (Å²) in [5, 5.41) is 0. The number of halogens is 1. The Labute approximate surface area is 120 Å². The number of aryl methyl sites for hydroxylation is 1. The monoisotopic (exact) mass is 282 g/mol. The van der Waals surface area contributed by atoms with Gasteiger partial charge in [-0.25, -0.2) is 0 Å². The predicted molar refractivity (Wildman–Crippen MR) is 79.0 cm³/mol. The van der Waals surface area contributed by atoms with Crippen molar-refractivity contribution in [1.82, 2.24) is 9.88 Å². The van der Waals surface area contributed by atoms with E-state index in [9.17, 15) is 0 Å². The number of pyridine rings is 1. The Morgan fingerprint density at radius 1 is 1.47 bits per heavy atom. The van der Waals surface area contributed by atoms with E-state index in [1.54, 1.807) is 7.11 Å². The molecule has 1 saturated heterocycles. The van der Waals surface area contributed by atoms with Crippen LogP contribution in [0.1, 0.15) is 30.2 Å². The minimum Gasteiger partial charge on any atom is -0.496 e. The van der Waals surface area contributed by atoms with Crippen molar-refractivity contribution in [1.29, 1.82) is 0 Å². The third-order valence-corrected chi connectivity index (χ3v) is 4.57. The fourth-order valence-electron chi connectivity index (χ4n) is 2.96. The first-order valence-electron chi connectivity index (χ1n) is 6.87. The number of hydrogen-bond donors (Lipinski definition) is 0. The SMILES string of the molecule is COc1c(C)cnc(CN2CCC(C)C2CCl)c1C. The first kappa shape index (κ1) is 14.6.